The molecule has 0 saturated carbocycles. The highest BCUT2D eigenvalue weighted by Crippen LogP contribution is 2.21. The van der Waals surface area contributed by atoms with Crippen molar-refractivity contribution < 1.29 is 18.4 Å². The van der Waals surface area contributed by atoms with Gasteiger partial charge in [0, 0.05) is 5.56 Å². The molecule has 134 valence electrons. The molecule has 3 rings (SSSR count). The smallest absolute Gasteiger partial charge is 0.337 e. The van der Waals surface area contributed by atoms with E-state index < -0.39 is 5.97 Å². The fourth-order valence-corrected chi connectivity index (χ4v) is 2.82. The van der Waals surface area contributed by atoms with Crippen LogP contribution in [-0.2, 0) is 11.2 Å². The molecule has 0 spiro atoms. The van der Waals surface area contributed by atoms with E-state index in [4.69, 9.17) is 13.6 Å². The van der Waals surface area contributed by atoms with Gasteiger partial charge in [-0.05, 0) is 55.3 Å². The molecule has 0 saturated heterocycles. The van der Waals surface area contributed by atoms with Crippen LogP contribution >= 0.6 is 0 Å². The number of carbonyl (C=O) groups excluding carboxylic acids is 1. The summed E-state index contributed by atoms with van der Waals surface area (Å²) in [6.45, 7) is 3.94. The SMILES string of the molecule is CCCc1c(/C=C/c2occc2C)oc2ccc(C(=O)OC)cc2c1=O. The zero-order chi connectivity index (χ0) is 18.7. The first-order valence-corrected chi connectivity index (χ1v) is 8.45. The van der Waals surface area contributed by atoms with E-state index in [0.717, 1.165) is 17.7 Å². The summed E-state index contributed by atoms with van der Waals surface area (Å²) < 4.78 is 16.1. The molecule has 0 N–H and O–H groups in total. The maximum atomic E-state index is 13.0. The Balaban J connectivity index is 2.15. The van der Waals surface area contributed by atoms with Crippen molar-refractivity contribution in [2.45, 2.75) is 26.7 Å². The van der Waals surface area contributed by atoms with Crippen LogP contribution in [0.5, 0.6) is 0 Å². The van der Waals surface area contributed by atoms with Gasteiger partial charge in [-0.3, -0.25) is 4.79 Å². The highest BCUT2D eigenvalue weighted by Gasteiger charge is 2.15. The third-order valence-electron chi connectivity index (χ3n) is 4.22. The normalized spacial score (nSPS) is 11.3. The number of rotatable bonds is 5. The average molecular weight is 352 g/mol. The quantitative estimate of drug-likeness (QED) is 0.628. The van der Waals surface area contributed by atoms with Crippen molar-refractivity contribution in [3.8, 4) is 0 Å². The third kappa shape index (κ3) is 3.33. The fourth-order valence-electron chi connectivity index (χ4n) is 2.82. The van der Waals surface area contributed by atoms with E-state index in [1.807, 2.05) is 19.9 Å². The molecule has 0 aliphatic carbocycles. The van der Waals surface area contributed by atoms with E-state index in [-0.39, 0.29) is 5.43 Å². The number of ether oxygens (including phenoxy) is 1. The van der Waals surface area contributed by atoms with E-state index in [2.05, 4.69) is 0 Å². The van der Waals surface area contributed by atoms with Gasteiger partial charge in [0.25, 0.3) is 0 Å². The summed E-state index contributed by atoms with van der Waals surface area (Å²) in [5.41, 5.74) is 2.21. The second kappa shape index (κ2) is 7.44. The van der Waals surface area contributed by atoms with Crippen LogP contribution < -0.4 is 5.43 Å². The summed E-state index contributed by atoms with van der Waals surface area (Å²) >= 11 is 0. The molecule has 0 aliphatic rings. The third-order valence-corrected chi connectivity index (χ3v) is 4.22. The second-order valence-corrected chi connectivity index (χ2v) is 6.03. The summed E-state index contributed by atoms with van der Waals surface area (Å²) in [6, 6.07) is 6.60. The molecule has 2 aromatic heterocycles. The van der Waals surface area contributed by atoms with Crippen LogP contribution in [0.4, 0.5) is 0 Å². The molecular formula is C21H20O5. The van der Waals surface area contributed by atoms with Gasteiger partial charge >= 0.3 is 5.97 Å². The molecule has 0 unspecified atom stereocenters. The van der Waals surface area contributed by atoms with Crippen LogP contribution in [0.1, 0.15) is 46.3 Å². The molecule has 0 aliphatic heterocycles. The molecule has 1 aromatic carbocycles. The number of fused-ring (bicyclic) bond motifs is 1. The number of esters is 1. The summed E-state index contributed by atoms with van der Waals surface area (Å²) in [4.78, 5) is 24.7. The van der Waals surface area contributed by atoms with E-state index >= 15 is 0 Å². The molecule has 0 bridgehead atoms. The lowest BCUT2D eigenvalue weighted by Gasteiger charge is -2.07. The Kier molecular flexibility index (Phi) is 5.07. The predicted molar refractivity (Wildman–Crippen MR) is 100 cm³/mol. The van der Waals surface area contributed by atoms with Crippen molar-refractivity contribution >= 4 is 29.1 Å². The van der Waals surface area contributed by atoms with Gasteiger partial charge in [0.05, 0.1) is 24.3 Å². The summed E-state index contributed by atoms with van der Waals surface area (Å²) in [5, 5.41) is 0.377. The number of furan rings is 1. The maximum absolute atomic E-state index is 13.0. The number of benzene rings is 1. The molecule has 0 radical (unpaired) electrons. The Morgan fingerprint density at radius 3 is 2.62 bits per heavy atom. The van der Waals surface area contributed by atoms with Crippen LogP contribution in [0.25, 0.3) is 23.1 Å². The molecule has 3 aromatic rings. The van der Waals surface area contributed by atoms with Crippen LogP contribution in [0.3, 0.4) is 0 Å². The molecule has 0 fully saturated rings. The van der Waals surface area contributed by atoms with Gasteiger partial charge in [-0.2, -0.15) is 0 Å². The van der Waals surface area contributed by atoms with Crippen LogP contribution in [0.15, 0.2) is 44.2 Å². The molecule has 26 heavy (non-hydrogen) atoms. The lowest BCUT2D eigenvalue weighted by atomic mass is 10.0. The number of hydrogen-bond acceptors (Lipinski definition) is 5. The number of methoxy groups -OCH3 is 1. The average Bonchev–Trinajstić information content (AvgIpc) is 3.06. The Morgan fingerprint density at radius 1 is 1.19 bits per heavy atom. The first-order chi connectivity index (χ1) is 12.5. The first kappa shape index (κ1) is 17.7. The minimum absolute atomic E-state index is 0.130. The Hall–Kier alpha value is -3.08. The highest BCUT2D eigenvalue weighted by atomic mass is 16.5. The van der Waals surface area contributed by atoms with Crippen LogP contribution in [0, 0.1) is 6.92 Å². The van der Waals surface area contributed by atoms with Gasteiger partial charge < -0.3 is 13.6 Å². The largest absolute Gasteiger partial charge is 0.465 e. The van der Waals surface area contributed by atoms with Gasteiger partial charge in [0.2, 0.25) is 0 Å². The first-order valence-electron chi connectivity index (χ1n) is 8.45. The zero-order valence-corrected chi connectivity index (χ0v) is 15.0. The van der Waals surface area contributed by atoms with Gasteiger partial charge in [-0.1, -0.05) is 13.3 Å². The molecular weight excluding hydrogens is 332 g/mol. The fraction of sp³-hybridized carbons (Fsp3) is 0.238. The second-order valence-electron chi connectivity index (χ2n) is 6.03. The molecule has 5 heteroatoms. The summed E-state index contributed by atoms with van der Waals surface area (Å²) in [7, 11) is 1.31. The summed E-state index contributed by atoms with van der Waals surface area (Å²) in [6.07, 6.45) is 6.55. The van der Waals surface area contributed by atoms with Gasteiger partial charge in [0.15, 0.2) is 5.43 Å². The number of hydrogen-bond donors (Lipinski definition) is 0. The van der Waals surface area contributed by atoms with Gasteiger partial charge in [-0.25, -0.2) is 4.79 Å². The Labute approximate surface area is 150 Å². The molecule has 0 amide bonds. The van der Waals surface area contributed by atoms with Crippen molar-refractivity contribution in [1.82, 2.24) is 0 Å². The monoisotopic (exact) mass is 352 g/mol. The van der Waals surface area contributed by atoms with E-state index in [9.17, 15) is 9.59 Å². The molecule has 2 heterocycles. The minimum Gasteiger partial charge on any atom is -0.465 e. The van der Waals surface area contributed by atoms with Gasteiger partial charge in [0.1, 0.15) is 17.1 Å². The molecule has 0 atom stereocenters. The van der Waals surface area contributed by atoms with Crippen molar-refractivity contribution in [1.29, 1.82) is 0 Å². The maximum Gasteiger partial charge on any atom is 0.337 e. The van der Waals surface area contributed by atoms with Crippen molar-refractivity contribution in [3.63, 3.8) is 0 Å². The Morgan fingerprint density at radius 2 is 1.96 bits per heavy atom. The molecule has 5 nitrogen and oxygen atoms in total. The minimum atomic E-state index is -0.486. The standard InChI is InChI=1S/C21H20O5/c1-4-5-15-18(9-8-17-13(2)10-11-25-17)26-19-7-6-14(21(23)24-3)12-16(19)20(15)22/h6-12H,4-5H2,1-3H3/b9-8+. The zero-order valence-electron chi connectivity index (χ0n) is 15.0. The lowest BCUT2D eigenvalue weighted by molar-refractivity contribution is 0.0601. The van der Waals surface area contributed by atoms with E-state index in [0.29, 0.717) is 34.3 Å². The van der Waals surface area contributed by atoms with Crippen molar-refractivity contribution in [2.24, 2.45) is 0 Å². The lowest BCUT2D eigenvalue weighted by Crippen LogP contribution is -2.12. The summed E-state index contributed by atoms with van der Waals surface area (Å²) in [5.74, 6) is 0.739. The predicted octanol–water partition coefficient (Wildman–Crippen LogP) is 4.60. The number of aryl methyl sites for hydroxylation is 1. The topological polar surface area (TPSA) is 69.7 Å². The highest BCUT2D eigenvalue weighted by molar-refractivity contribution is 5.94. The number of carbonyl (C=O) groups is 1. The van der Waals surface area contributed by atoms with Gasteiger partial charge in [-0.15, -0.1) is 0 Å². The van der Waals surface area contributed by atoms with Crippen LogP contribution in [0.2, 0.25) is 0 Å². The Bertz CT molecular complexity index is 1040. The van der Waals surface area contributed by atoms with E-state index in [1.165, 1.54) is 13.2 Å². The van der Waals surface area contributed by atoms with E-state index in [1.54, 1.807) is 30.5 Å². The van der Waals surface area contributed by atoms with Crippen molar-refractivity contribution in [2.75, 3.05) is 7.11 Å². The van der Waals surface area contributed by atoms with Crippen LogP contribution in [-0.4, -0.2) is 13.1 Å². The van der Waals surface area contributed by atoms with Crippen molar-refractivity contribution in [3.05, 3.63) is 69.0 Å².